The second-order valence-electron chi connectivity index (χ2n) is 7.22. The molecule has 0 radical (unpaired) electrons. The van der Waals surface area contributed by atoms with E-state index in [-0.39, 0.29) is 22.1 Å². The van der Waals surface area contributed by atoms with Gasteiger partial charge in [-0.15, -0.1) is 0 Å². The van der Waals surface area contributed by atoms with Gasteiger partial charge in [0.2, 0.25) is 0 Å². The number of carbonyl (C=O) groups is 1. The summed E-state index contributed by atoms with van der Waals surface area (Å²) >= 11 is 0. The number of benzene rings is 1. The third-order valence-corrected chi connectivity index (χ3v) is 6.04. The van der Waals surface area contributed by atoms with Crippen LogP contribution < -0.4 is 0 Å². The van der Waals surface area contributed by atoms with Crippen molar-refractivity contribution in [2.24, 2.45) is 21.9 Å². The molecule has 2 fully saturated rings. The van der Waals surface area contributed by atoms with Crippen LogP contribution in [0.5, 0.6) is 0 Å². The lowest BCUT2D eigenvalue weighted by Crippen LogP contribution is -2.32. The summed E-state index contributed by atoms with van der Waals surface area (Å²) in [4.78, 5) is 27.4. The second kappa shape index (κ2) is 5.15. The molecule has 6 heteroatoms. The van der Waals surface area contributed by atoms with Crippen molar-refractivity contribution in [3.8, 4) is 0 Å². The van der Waals surface area contributed by atoms with Crippen LogP contribution in [0.3, 0.4) is 0 Å². The lowest BCUT2D eigenvalue weighted by Gasteiger charge is -2.34. The Hall–Kier alpha value is -2.24. The summed E-state index contributed by atoms with van der Waals surface area (Å²) in [5.41, 5.74) is 1.04. The SMILES string of the molecule is CC1(C)[C@H]2CC[C@]1(C)/C(=N/OC(=O)c1cccc([N+](=O)[O-])c1)C2. The molecule has 3 rings (SSSR count). The molecular formula is C17H20N2O4. The highest BCUT2D eigenvalue weighted by Gasteiger charge is 2.60. The third-order valence-electron chi connectivity index (χ3n) is 6.04. The first-order valence-electron chi connectivity index (χ1n) is 7.79. The molecule has 0 unspecified atom stereocenters. The van der Waals surface area contributed by atoms with Crippen LogP contribution >= 0.6 is 0 Å². The van der Waals surface area contributed by atoms with Crippen molar-refractivity contribution >= 4 is 17.4 Å². The molecule has 2 aliphatic rings. The van der Waals surface area contributed by atoms with Gasteiger partial charge in [0.25, 0.3) is 5.69 Å². The molecular weight excluding hydrogens is 296 g/mol. The fourth-order valence-electron chi connectivity index (χ4n) is 3.96. The summed E-state index contributed by atoms with van der Waals surface area (Å²) in [5, 5.41) is 14.9. The van der Waals surface area contributed by atoms with E-state index in [2.05, 4.69) is 25.9 Å². The molecule has 0 saturated heterocycles. The number of fused-ring (bicyclic) bond motifs is 2. The first-order valence-corrected chi connectivity index (χ1v) is 7.79. The molecule has 0 heterocycles. The van der Waals surface area contributed by atoms with Crippen LogP contribution in [0, 0.1) is 26.9 Å². The molecule has 0 N–H and O–H groups in total. The molecule has 0 aromatic heterocycles. The molecule has 0 aliphatic heterocycles. The number of hydrogen-bond acceptors (Lipinski definition) is 5. The first kappa shape index (κ1) is 15.6. The Labute approximate surface area is 134 Å². The summed E-state index contributed by atoms with van der Waals surface area (Å²) in [6.07, 6.45) is 3.09. The summed E-state index contributed by atoms with van der Waals surface area (Å²) in [5.74, 6) is -0.0897. The van der Waals surface area contributed by atoms with Crippen molar-refractivity contribution in [3.63, 3.8) is 0 Å². The van der Waals surface area contributed by atoms with E-state index in [9.17, 15) is 14.9 Å². The van der Waals surface area contributed by atoms with E-state index in [0.29, 0.717) is 5.92 Å². The maximum absolute atomic E-state index is 12.1. The fourth-order valence-corrected chi connectivity index (χ4v) is 3.96. The van der Waals surface area contributed by atoms with Crippen molar-refractivity contribution in [1.29, 1.82) is 0 Å². The van der Waals surface area contributed by atoms with Crippen LogP contribution in [0.4, 0.5) is 5.69 Å². The van der Waals surface area contributed by atoms with E-state index in [4.69, 9.17) is 4.84 Å². The van der Waals surface area contributed by atoms with Crippen LogP contribution in [-0.2, 0) is 4.84 Å². The van der Waals surface area contributed by atoms with Gasteiger partial charge in [0.05, 0.1) is 16.2 Å². The Morgan fingerprint density at radius 2 is 2.13 bits per heavy atom. The van der Waals surface area contributed by atoms with Gasteiger partial charge in [0.1, 0.15) is 0 Å². The van der Waals surface area contributed by atoms with Crippen LogP contribution in [0.1, 0.15) is 50.4 Å². The average Bonchev–Trinajstić information content (AvgIpc) is 2.85. The number of hydrogen-bond donors (Lipinski definition) is 0. The van der Waals surface area contributed by atoms with Gasteiger partial charge in [-0.1, -0.05) is 32.0 Å². The first-order chi connectivity index (χ1) is 10.8. The zero-order valence-corrected chi connectivity index (χ0v) is 13.5. The molecule has 0 spiro atoms. The van der Waals surface area contributed by atoms with Crippen molar-refractivity contribution in [3.05, 3.63) is 39.9 Å². The number of carbonyl (C=O) groups excluding carboxylic acids is 1. The van der Waals surface area contributed by atoms with Gasteiger partial charge in [0, 0.05) is 17.5 Å². The van der Waals surface area contributed by atoms with Gasteiger partial charge in [-0.05, 0) is 36.7 Å². The largest absolute Gasteiger partial charge is 0.365 e. The van der Waals surface area contributed by atoms with Gasteiger partial charge in [0.15, 0.2) is 0 Å². The third kappa shape index (κ3) is 2.33. The number of nitro benzene ring substituents is 1. The predicted molar refractivity (Wildman–Crippen MR) is 85.2 cm³/mol. The van der Waals surface area contributed by atoms with Crippen molar-refractivity contribution in [1.82, 2.24) is 0 Å². The van der Waals surface area contributed by atoms with Crippen LogP contribution in [-0.4, -0.2) is 16.6 Å². The molecule has 1 aromatic carbocycles. The average molecular weight is 316 g/mol. The molecule has 2 atom stereocenters. The van der Waals surface area contributed by atoms with E-state index in [1.165, 1.54) is 30.7 Å². The second-order valence-corrected chi connectivity index (χ2v) is 7.22. The Balaban J connectivity index is 1.78. The summed E-state index contributed by atoms with van der Waals surface area (Å²) in [6.45, 7) is 6.67. The highest BCUT2D eigenvalue weighted by molar-refractivity contribution is 5.95. The van der Waals surface area contributed by atoms with Gasteiger partial charge < -0.3 is 4.84 Å². The molecule has 0 amide bonds. The highest BCUT2D eigenvalue weighted by Crippen LogP contribution is 2.63. The van der Waals surface area contributed by atoms with E-state index in [1.54, 1.807) is 0 Å². The van der Waals surface area contributed by atoms with Crippen LogP contribution in [0.15, 0.2) is 29.4 Å². The maximum Gasteiger partial charge on any atom is 0.365 e. The molecule has 1 aromatic rings. The summed E-state index contributed by atoms with van der Waals surface area (Å²) in [7, 11) is 0. The zero-order valence-electron chi connectivity index (χ0n) is 13.5. The Morgan fingerprint density at radius 1 is 1.39 bits per heavy atom. The fraction of sp³-hybridized carbons (Fsp3) is 0.529. The monoisotopic (exact) mass is 316 g/mol. The van der Waals surface area contributed by atoms with Crippen molar-refractivity contribution in [2.45, 2.75) is 40.0 Å². The van der Waals surface area contributed by atoms with Crippen molar-refractivity contribution < 1.29 is 14.6 Å². The van der Waals surface area contributed by atoms with Gasteiger partial charge >= 0.3 is 5.97 Å². The van der Waals surface area contributed by atoms with E-state index in [0.717, 1.165) is 18.6 Å². The molecule has 2 aliphatic carbocycles. The van der Waals surface area contributed by atoms with Gasteiger partial charge in [-0.2, -0.15) is 0 Å². The molecule has 23 heavy (non-hydrogen) atoms. The number of oxime groups is 1. The number of nitro groups is 1. The number of rotatable bonds is 3. The smallest absolute Gasteiger partial charge is 0.313 e. The maximum atomic E-state index is 12.1. The predicted octanol–water partition coefficient (Wildman–Crippen LogP) is 3.95. The standard InChI is InChI=1S/C17H20N2O4/c1-16(2)12-7-8-17(16,3)14(10-12)18-23-15(20)11-5-4-6-13(9-11)19(21)22/h4-6,9,12H,7-8,10H2,1-3H3/b18-14+/t12-,17+/m0/s1. The Bertz CT molecular complexity index is 710. The minimum absolute atomic E-state index is 0.0410. The molecule has 6 nitrogen and oxygen atoms in total. The van der Waals surface area contributed by atoms with Crippen LogP contribution in [0.25, 0.3) is 0 Å². The van der Waals surface area contributed by atoms with E-state index >= 15 is 0 Å². The lowest BCUT2D eigenvalue weighted by atomic mass is 9.70. The Morgan fingerprint density at radius 3 is 2.70 bits per heavy atom. The minimum atomic E-state index is -0.662. The summed E-state index contributed by atoms with van der Waals surface area (Å²) < 4.78 is 0. The zero-order chi connectivity index (χ0) is 16.8. The van der Waals surface area contributed by atoms with Gasteiger partial charge in [-0.25, -0.2) is 4.79 Å². The number of non-ortho nitro benzene ring substituents is 1. The topological polar surface area (TPSA) is 81.8 Å². The molecule has 2 saturated carbocycles. The lowest BCUT2D eigenvalue weighted by molar-refractivity contribution is -0.384. The highest BCUT2D eigenvalue weighted by atomic mass is 16.7. The van der Waals surface area contributed by atoms with Crippen molar-refractivity contribution in [2.75, 3.05) is 0 Å². The van der Waals surface area contributed by atoms with E-state index < -0.39 is 10.9 Å². The molecule has 122 valence electrons. The quantitative estimate of drug-likeness (QED) is 0.480. The van der Waals surface area contributed by atoms with E-state index in [1.807, 2.05) is 0 Å². The minimum Gasteiger partial charge on any atom is -0.313 e. The normalized spacial score (nSPS) is 29.7. The molecule has 2 bridgehead atoms. The van der Waals surface area contributed by atoms with Crippen LogP contribution in [0.2, 0.25) is 0 Å². The summed E-state index contributed by atoms with van der Waals surface area (Å²) in [6, 6.07) is 5.49. The number of nitrogens with zero attached hydrogens (tertiary/aromatic N) is 2. The Kier molecular flexibility index (Phi) is 3.50. The van der Waals surface area contributed by atoms with Gasteiger partial charge in [-0.3, -0.25) is 10.1 Å².